The lowest BCUT2D eigenvalue weighted by molar-refractivity contribution is 0.381. The molecule has 0 unspecified atom stereocenters. The zero-order valence-electron chi connectivity index (χ0n) is 13.2. The molecule has 0 saturated carbocycles. The van der Waals surface area contributed by atoms with Gasteiger partial charge in [-0.25, -0.2) is 0 Å². The van der Waals surface area contributed by atoms with Gasteiger partial charge in [-0.15, -0.1) is 0 Å². The monoisotopic (exact) mass is 352 g/mol. The van der Waals surface area contributed by atoms with E-state index in [0.29, 0.717) is 0 Å². The smallest absolute Gasteiger partial charge is 0.264 e. The second kappa shape index (κ2) is 7.03. The summed E-state index contributed by atoms with van der Waals surface area (Å²) in [6.07, 6.45) is 0. The molecule has 0 aliphatic heterocycles. The molecular weight excluding hydrogens is 336 g/mol. The van der Waals surface area contributed by atoms with Crippen LogP contribution in [0.2, 0.25) is 0 Å². The summed E-state index contributed by atoms with van der Waals surface area (Å²) in [7, 11) is -4.67. The SMILES string of the molecule is O=S(=O)(O)O.c1ccc2c(-c3cccc4ccccc34)cccc2c1. The fourth-order valence-electron chi connectivity index (χ4n) is 2.92. The molecule has 4 aromatic rings. The summed E-state index contributed by atoms with van der Waals surface area (Å²) in [5, 5.41) is 5.20. The van der Waals surface area contributed by atoms with Crippen LogP contribution in [0.25, 0.3) is 32.7 Å². The molecule has 2 N–H and O–H groups in total. The number of benzene rings is 4. The van der Waals surface area contributed by atoms with E-state index in [0.717, 1.165) is 0 Å². The summed E-state index contributed by atoms with van der Waals surface area (Å²) in [5.74, 6) is 0. The minimum Gasteiger partial charge on any atom is -0.264 e. The molecule has 0 radical (unpaired) electrons. The topological polar surface area (TPSA) is 74.6 Å². The van der Waals surface area contributed by atoms with Crippen molar-refractivity contribution in [2.24, 2.45) is 0 Å². The van der Waals surface area contributed by atoms with E-state index >= 15 is 0 Å². The van der Waals surface area contributed by atoms with Crippen molar-refractivity contribution in [1.82, 2.24) is 0 Å². The van der Waals surface area contributed by atoms with Gasteiger partial charge in [0.05, 0.1) is 0 Å². The fraction of sp³-hybridized carbons (Fsp3) is 0. The predicted molar refractivity (Wildman–Crippen MR) is 101 cm³/mol. The maximum absolute atomic E-state index is 8.74. The Morgan fingerprint density at radius 3 is 1.24 bits per heavy atom. The summed E-state index contributed by atoms with van der Waals surface area (Å²) in [5.41, 5.74) is 2.61. The van der Waals surface area contributed by atoms with Crippen molar-refractivity contribution in [1.29, 1.82) is 0 Å². The zero-order chi connectivity index (χ0) is 17.9. The van der Waals surface area contributed by atoms with Crippen molar-refractivity contribution in [3.63, 3.8) is 0 Å². The number of hydrogen-bond acceptors (Lipinski definition) is 2. The second-order valence-electron chi connectivity index (χ2n) is 5.50. The Morgan fingerprint density at radius 1 is 0.520 bits per heavy atom. The fourth-order valence-corrected chi connectivity index (χ4v) is 2.92. The van der Waals surface area contributed by atoms with Crippen LogP contribution in [0, 0.1) is 0 Å². The first-order chi connectivity index (χ1) is 11.9. The Kier molecular flexibility index (Phi) is 4.81. The molecule has 0 bridgehead atoms. The molecule has 4 rings (SSSR count). The molecule has 25 heavy (non-hydrogen) atoms. The molecule has 0 aromatic heterocycles. The Labute approximate surface area is 145 Å². The van der Waals surface area contributed by atoms with Gasteiger partial charge in [-0.2, -0.15) is 8.42 Å². The highest BCUT2D eigenvalue weighted by molar-refractivity contribution is 7.79. The lowest BCUT2D eigenvalue weighted by atomic mass is 9.94. The van der Waals surface area contributed by atoms with E-state index in [9.17, 15) is 0 Å². The van der Waals surface area contributed by atoms with E-state index in [-0.39, 0.29) is 0 Å². The number of hydrogen-bond donors (Lipinski definition) is 2. The summed E-state index contributed by atoms with van der Waals surface area (Å²) < 4.78 is 31.6. The van der Waals surface area contributed by atoms with Gasteiger partial charge >= 0.3 is 10.4 Å². The first-order valence-electron chi connectivity index (χ1n) is 7.59. The predicted octanol–water partition coefficient (Wildman–Crippen LogP) is 5.01. The average molecular weight is 352 g/mol. The van der Waals surface area contributed by atoms with E-state index in [4.69, 9.17) is 17.5 Å². The number of fused-ring (bicyclic) bond motifs is 2. The highest BCUT2D eigenvalue weighted by Gasteiger charge is 2.06. The maximum atomic E-state index is 8.74. The summed E-state index contributed by atoms with van der Waals surface area (Å²) in [6.45, 7) is 0. The lowest BCUT2D eigenvalue weighted by Crippen LogP contribution is -1.89. The quantitative estimate of drug-likeness (QED) is 0.472. The van der Waals surface area contributed by atoms with Gasteiger partial charge in [-0.3, -0.25) is 9.11 Å². The van der Waals surface area contributed by atoms with Gasteiger partial charge in [0, 0.05) is 0 Å². The minimum absolute atomic E-state index is 1.29. The van der Waals surface area contributed by atoms with E-state index < -0.39 is 10.4 Å². The molecule has 0 atom stereocenters. The Balaban J connectivity index is 0.000000324. The first-order valence-corrected chi connectivity index (χ1v) is 8.99. The summed E-state index contributed by atoms with van der Waals surface area (Å²) in [6, 6.07) is 30.2. The third kappa shape index (κ3) is 4.22. The van der Waals surface area contributed by atoms with E-state index in [1.165, 1.54) is 32.7 Å². The summed E-state index contributed by atoms with van der Waals surface area (Å²) >= 11 is 0. The van der Waals surface area contributed by atoms with Gasteiger partial charge in [0.15, 0.2) is 0 Å². The third-order valence-electron chi connectivity index (χ3n) is 3.87. The van der Waals surface area contributed by atoms with Crippen LogP contribution in [0.15, 0.2) is 84.9 Å². The highest BCUT2D eigenvalue weighted by Crippen LogP contribution is 2.33. The Bertz CT molecular complexity index is 1040. The molecule has 4 aromatic carbocycles. The standard InChI is InChI=1S/C20H14.H2O4S/c1-3-11-17-15(7-1)9-5-13-19(17)20-14-6-10-16-8-2-4-12-18(16)20;1-5(2,3)4/h1-14H;(H2,1,2,3,4). The van der Waals surface area contributed by atoms with Crippen LogP contribution in [-0.2, 0) is 10.4 Å². The molecule has 0 fully saturated rings. The second-order valence-corrected chi connectivity index (χ2v) is 6.40. The molecule has 0 saturated heterocycles. The van der Waals surface area contributed by atoms with E-state index in [1.54, 1.807) is 0 Å². The maximum Gasteiger partial charge on any atom is 0.394 e. The summed E-state index contributed by atoms with van der Waals surface area (Å²) in [4.78, 5) is 0. The van der Waals surface area contributed by atoms with Crippen molar-refractivity contribution in [3.8, 4) is 11.1 Å². The van der Waals surface area contributed by atoms with Crippen molar-refractivity contribution in [2.75, 3.05) is 0 Å². The van der Waals surface area contributed by atoms with Crippen LogP contribution in [0.5, 0.6) is 0 Å². The van der Waals surface area contributed by atoms with Gasteiger partial charge in [-0.05, 0) is 32.7 Å². The van der Waals surface area contributed by atoms with E-state index in [2.05, 4.69) is 84.9 Å². The van der Waals surface area contributed by atoms with Crippen molar-refractivity contribution in [3.05, 3.63) is 84.9 Å². The molecular formula is C20H16O4S. The van der Waals surface area contributed by atoms with Gasteiger partial charge < -0.3 is 0 Å². The number of rotatable bonds is 1. The van der Waals surface area contributed by atoms with Gasteiger partial charge in [0.1, 0.15) is 0 Å². The van der Waals surface area contributed by atoms with Crippen LogP contribution in [0.3, 0.4) is 0 Å². The van der Waals surface area contributed by atoms with Crippen molar-refractivity contribution in [2.45, 2.75) is 0 Å². The molecule has 126 valence electrons. The van der Waals surface area contributed by atoms with E-state index in [1.807, 2.05) is 0 Å². The van der Waals surface area contributed by atoms with Gasteiger partial charge in [-0.1, -0.05) is 84.9 Å². The zero-order valence-corrected chi connectivity index (χ0v) is 14.0. The molecule has 0 amide bonds. The normalized spacial score (nSPS) is 11.1. The highest BCUT2D eigenvalue weighted by atomic mass is 32.3. The Morgan fingerprint density at radius 2 is 0.840 bits per heavy atom. The minimum atomic E-state index is -4.67. The molecule has 4 nitrogen and oxygen atoms in total. The van der Waals surface area contributed by atoms with Crippen LogP contribution < -0.4 is 0 Å². The largest absolute Gasteiger partial charge is 0.394 e. The van der Waals surface area contributed by atoms with Gasteiger partial charge in [0.2, 0.25) is 0 Å². The van der Waals surface area contributed by atoms with Crippen LogP contribution >= 0.6 is 0 Å². The van der Waals surface area contributed by atoms with Crippen molar-refractivity contribution < 1.29 is 17.5 Å². The van der Waals surface area contributed by atoms with Crippen LogP contribution in [-0.4, -0.2) is 17.5 Å². The molecule has 0 aliphatic carbocycles. The Hall–Kier alpha value is -2.73. The van der Waals surface area contributed by atoms with Crippen molar-refractivity contribution >= 4 is 31.9 Å². The molecule has 0 heterocycles. The molecule has 0 aliphatic rings. The van der Waals surface area contributed by atoms with Crippen LogP contribution in [0.4, 0.5) is 0 Å². The van der Waals surface area contributed by atoms with Gasteiger partial charge in [0.25, 0.3) is 0 Å². The third-order valence-corrected chi connectivity index (χ3v) is 3.87. The molecule has 0 spiro atoms. The average Bonchev–Trinajstić information content (AvgIpc) is 2.59. The first kappa shape index (κ1) is 17.1. The molecule has 5 heteroatoms. The van der Waals surface area contributed by atoms with Crippen LogP contribution in [0.1, 0.15) is 0 Å². The lowest BCUT2D eigenvalue weighted by Gasteiger charge is -2.10.